The Morgan fingerprint density at radius 2 is 1.86 bits per heavy atom. The van der Waals surface area contributed by atoms with Crippen LogP contribution in [0.1, 0.15) is 13.8 Å². The van der Waals surface area contributed by atoms with Crippen LogP contribution in [0.4, 0.5) is 0 Å². The maximum absolute atomic E-state index is 11.2. The van der Waals surface area contributed by atoms with Crippen LogP contribution < -0.4 is 0 Å². The molecule has 0 bridgehead atoms. The van der Waals surface area contributed by atoms with Crippen molar-refractivity contribution in [2.75, 3.05) is 34.3 Å². The molecule has 0 spiro atoms. The molecule has 0 aromatic carbocycles. The summed E-state index contributed by atoms with van der Waals surface area (Å²) in [5.41, 5.74) is 0. The average Bonchev–Trinajstić information content (AvgIpc) is 2.00. The molecular formula is C10H22NO3+. The van der Waals surface area contributed by atoms with E-state index in [0.29, 0.717) is 6.61 Å². The van der Waals surface area contributed by atoms with Crippen LogP contribution in [0.25, 0.3) is 0 Å². The molecule has 1 N–H and O–H groups in total. The van der Waals surface area contributed by atoms with Gasteiger partial charge in [0.2, 0.25) is 0 Å². The van der Waals surface area contributed by atoms with Gasteiger partial charge in [-0.15, -0.1) is 0 Å². The van der Waals surface area contributed by atoms with Crippen LogP contribution in [-0.4, -0.2) is 56.0 Å². The summed E-state index contributed by atoms with van der Waals surface area (Å²) in [6.45, 7) is 4.67. The zero-order chi connectivity index (χ0) is 11.4. The number of rotatable bonds is 5. The molecule has 0 saturated heterocycles. The number of ether oxygens (including phenoxy) is 1. The molecule has 0 fully saturated rings. The molecule has 0 aliphatic carbocycles. The zero-order valence-electron chi connectivity index (χ0n) is 9.78. The molecule has 0 aliphatic heterocycles. The highest BCUT2D eigenvalue weighted by molar-refractivity contribution is 5.74. The molecule has 84 valence electrons. The van der Waals surface area contributed by atoms with Crippen LogP contribution in [-0.2, 0) is 9.53 Å². The highest BCUT2D eigenvalue weighted by atomic mass is 16.5. The molecule has 4 heteroatoms. The third-order valence-corrected chi connectivity index (χ3v) is 1.88. The topological polar surface area (TPSA) is 46.5 Å². The van der Waals surface area contributed by atoms with Gasteiger partial charge in [0.1, 0.15) is 13.2 Å². The van der Waals surface area contributed by atoms with Gasteiger partial charge in [-0.05, 0) is 5.92 Å². The third-order valence-electron chi connectivity index (χ3n) is 1.88. The predicted octanol–water partition coefficient (Wildman–Crippen LogP) is 0.253. The van der Waals surface area contributed by atoms with Gasteiger partial charge in [0.05, 0.1) is 21.1 Å². The molecule has 4 nitrogen and oxygen atoms in total. The number of quaternary nitrogens is 1. The Morgan fingerprint density at radius 3 is 2.21 bits per heavy atom. The number of esters is 1. The molecule has 1 atom stereocenters. The van der Waals surface area contributed by atoms with Gasteiger partial charge in [-0.1, -0.05) is 13.8 Å². The summed E-state index contributed by atoms with van der Waals surface area (Å²) in [7, 11) is 6.06. The van der Waals surface area contributed by atoms with Crippen molar-refractivity contribution in [2.45, 2.75) is 20.0 Å². The number of nitrogens with zero attached hydrogens (tertiary/aromatic N) is 1. The first kappa shape index (κ1) is 13.4. The number of aliphatic hydroxyl groups is 1. The largest absolute Gasteiger partial charge is 0.458 e. The number of carbonyl (C=O) groups is 1. The van der Waals surface area contributed by atoms with Crippen LogP contribution in [0.3, 0.4) is 0 Å². The van der Waals surface area contributed by atoms with Gasteiger partial charge >= 0.3 is 5.97 Å². The third kappa shape index (κ3) is 5.94. The second-order valence-electron chi connectivity index (χ2n) is 4.87. The number of likely N-dealkylation sites (N-methyl/N-ethyl adjacent to an activating group) is 1. The van der Waals surface area contributed by atoms with Gasteiger partial charge in [-0.3, -0.25) is 0 Å². The lowest BCUT2D eigenvalue weighted by Crippen LogP contribution is -2.39. The summed E-state index contributed by atoms with van der Waals surface area (Å²) in [4.78, 5) is 11.2. The fraction of sp³-hybridized carbons (Fsp3) is 0.900. The van der Waals surface area contributed by atoms with Crippen LogP contribution >= 0.6 is 0 Å². The molecular weight excluding hydrogens is 182 g/mol. The number of hydrogen-bond acceptors (Lipinski definition) is 3. The molecule has 0 aromatic heterocycles. The number of hydrogen-bond donors (Lipinski definition) is 1. The van der Waals surface area contributed by atoms with E-state index in [4.69, 9.17) is 4.74 Å². The van der Waals surface area contributed by atoms with Crippen molar-refractivity contribution < 1.29 is 19.1 Å². The lowest BCUT2D eigenvalue weighted by Gasteiger charge is -2.23. The normalized spacial score (nSPS) is 14.2. The maximum atomic E-state index is 11.2. The van der Waals surface area contributed by atoms with Crippen LogP contribution in [0.15, 0.2) is 0 Å². The van der Waals surface area contributed by atoms with E-state index >= 15 is 0 Å². The van der Waals surface area contributed by atoms with E-state index in [1.54, 1.807) is 13.8 Å². The van der Waals surface area contributed by atoms with E-state index in [-0.39, 0.29) is 5.92 Å². The van der Waals surface area contributed by atoms with Crippen molar-refractivity contribution in [2.24, 2.45) is 5.92 Å². The van der Waals surface area contributed by atoms with Crippen molar-refractivity contribution in [3.8, 4) is 0 Å². The van der Waals surface area contributed by atoms with E-state index in [9.17, 15) is 9.90 Å². The number of carbonyl (C=O) groups excluding carboxylic acids is 1. The summed E-state index contributed by atoms with van der Waals surface area (Å²) >= 11 is 0. The van der Waals surface area contributed by atoms with Crippen molar-refractivity contribution in [3.05, 3.63) is 0 Å². The Labute approximate surface area is 86.1 Å². The van der Waals surface area contributed by atoms with Gasteiger partial charge in [0.25, 0.3) is 0 Å². The predicted molar refractivity (Wildman–Crippen MR) is 54.7 cm³/mol. The first-order valence-corrected chi connectivity index (χ1v) is 4.89. The van der Waals surface area contributed by atoms with E-state index in [2.05, 4.69) is 0 Å². The lowest BCUT2D eigenvalue weighted by molar-refractivity contribution is -0.870. The van der Waals surface area contributed by atoms with E-state index < -0.39 is 12.1 Å². The van der Waals surface area contributed by atoms with E-state index in [1.165, 1.54) is 0 Å². The standard InChI is InChI=1S/C10H22NO3/c1-8(2)9(12)10(13)14-7-6-11(3,4)5/h8-9,12H,6-7H2,1-5H3/q+1. The Bertz CT molecular complexity index is 184. The van der Waals surface area contributed by atoms with Crippen molar-refractivity contribution in [3.63, 3.8) is 0 Å². The minimum Gasteiger partial charge on any atom is -0.458 e. The molecule has 1 unspecified atom stereocenters. The van der Waals surface area contributed by atoms with Gasteiger partial charge < -0.3 is 14.3 Å². The SMILES string of the molecule is CC(C)C(O)C(=O)OCC[N+](C)(C)C. The number of aliphatic hydroxyl groups excluding tert-OH is 1. The molecule has 0 radical (unpaired) electrons. The summed E-state index contributed by atoms with van der Waals surface area (Å²) in [5, 5.41) is 9.34. The van der Waals surface area contributed by atoms with Gasteiger partial charge in [-0.2, -0.15) is 0 Å². The molecule has 0 aliphatic rings. The average molecular weight is 204 g/mol. The van der Waals surface area contributed by atoms with Gasteiger partial charge in [0.15, 0.2) is 6.10 Å². The van der Waals surface area contributed by atoms with E-state index in [1.807, 2.05) is 21.1 Å². The Balaban J connectivity index is 3.75. The maximum Gasteiger partial charge on any atom is 0.335 e. The van der Waals surface area contributed by atoms with Crippen LogP contribution in [0.2, 0.25) is 0 Å². The Morgan fingerprint density at radius 1 is 1.36 bits per heavy atom. The van der Waals surface area contributed by atoms with Crippen molar-refractivity contribution in [1.82, 2.24) is 0 Å². The molecule has 14 heavy (non-hydrogen) atoms. The van der Waals surface area contributed by atoms with Gasteiger partial charge in [0, 0.05) is 0 Å². The van der Waals surface area contributed by atoms with Crippen LogP contribution in [0, 0.1) is 5.92 Å². The summed E-state index contributed by atoms with van der Waals surface area (Å²) in [5.74, 6) is -0.611. The molecule has 0 aromatic rings. The minimum absolute atomic E-state index is 0.0911. The lowest BCUT2D eigenvalue weighted by atomic mass is 10.1. The summed E-state index contributed by atoms with van der Waals surface area (Å²) < 4.78 is 5.68. The van der Waals surface area contributed by atoms with Crippen molar-refractivity contribution >= 4 is 5.97 Å². The van der Waals surface area contributed by atoms with Gasteiger partial charge in [-0.25, -0.2) is 4.79 Å². The second kappa shape index (κ2) is 5.32. The minimum atomic E-state index is -0.998. The fourth-order valence-corrected chi connectivity index (χ4v) is 0.778. The summed E-state index contributed by atoms with van der Waals surface area (Å²) in [6.07, 6.45) is -0.998. The summed E-state index contributed by atoms with van der Waals surface area (Å²) in [6, 6.07) is 0. The monoisotopic (exact) mass is 204 g/mol. The Kier molecular flexibility index (Phi) is 5.08. The molecule has 0 amide bonds. The van der Waals surface area contributed by atoms with E-state index in [0.717, 1.165) is 11.0 Å². The van der Waals surface area contributed by atoms with Crippen LogP contribution in [0.5, 0.6) is 0 Å². The molecule has 0 saturated carbocycles. The highest BCUT2D eigenvalue weighted by Crippen LogP contribution is 2.03. The smallest absolute Gasteiger partial charge is 0.335 e. The molecule has 0 rings (SSSR count). The second-order valence-corrected chi connectivity index (χ2v) is 4.87. The first-order chi connectivity index (χ1) is 6.24. The zero-order valence-corrected chi connectivity index (χ0v) is 9.78. The first-order valence-electron chi connectivity index (χ1n) is 4.89. The Hall–Kier alpha value is -0.610. The van der Waals surface area contributed by atoms with Crippen molar-refractivity contribution in [1.29, 1.82) is 0 Å². The quantitative estimate of drug-likeness (QED) is 0.516. The fourth-order valence-electron chi connectivity index (χ4n) is 0.778. The highest BCUT2D eigenvalue weighted by Gasteiger charge is 2.20. The molecule has 0 heterocycles.